The normalized spacial score (nSPS) is 12.9. The Kier molecular flexibility index (Phi) is 8.42. The van der Waals surface area contributed by atoms with Crippen molar-refractivity contribution >= 4 is 43.9 Å². The molecule has 1 aromatic heterocycles. The molecule has 202 valence electrons. The molecule has 1 amide bonds. The van der Waals surface area contributed by atoms with Gasteiger partial charge in [0, 0.05) is 4.88 Å². The summed E-state index contributed by atoms with van der Waals surface area (Å²) in [5, 5.41) is 3.22. The minimum Gasteiger partial charge on any atom is -0.495 e. The van der Waals surface area contributed by atoms with Crippen LogP contribution >= 0.6 is 11.3 Å². The van der Waals surface area contributed by atoms with Gasteiger partial charge in [0.2, 0.25) is 5.91 Å². The Bertz CT molecular complexity index is 1440. The SMILES string of the molecule is CCOC(=O)c1c(NC(=O)CN(c2cc(C)ccc2OC)S(=O)(=O)c2ccc(C)cc2)sc2c1CCCC2. The number of ether oxygens (including phenoxy) is 2. The molecular formula is C28H32N2O6S2. The maximum Gasteiger partial charge on any atom is 0.341 e. The number of benzene rings is 2. The minimum absolute atomic E-state index is 0.0539. The molecule has 0 saturated heterocycles. The first-order valence-corrected chi connectivity index (χ1v) is 14.8. The molecule has 8 nitrogen and oxygen atoms in total. The minimum atomic E-state index is -4.14. The molecule has 1 heterocycles. The van der Waals surface area contributed by atoms with Crippen LogP contribution in [0.2, 0.25) is 0 Å². The standard InChI is InChI=1S/C28H32N2O6S2/c1-5-36-28(32)26-21-8-6-7-9-24(21)37-27(26)29-25(31)17-30(22-16-19(3)12-15-23(22)35-4)38(33,34)20-13-10-18(2)11-14-20/h10-16H,5-9,17H2,1-4H3,(H,29,31). The zero-order valence-corrected chi connectivity index (χ0v) is 23.6. The van der Waals surface area contributed by atoms with E-state index in [2.05, 4.69) is 5.32 Å². The number of methoxy groups -OCH3 is 1. The van der Waals surface area contributed by atoms with Gasteiger partial charge in [-0.2, -0.15) is 0 Å². The number of fused-ring (bicyclic) bond motifs is 1. The van der Waals surface area contributed by atoms with Crippen molar-refractivity contribution in [2.75, 3.05) is 29.9 Å². The zero-order valence-electron chi connectivity index (χ0n) is 22.0. The lowest BCUT2D eigenvalue weighted by Gasteiger charge is -2.26. The van der Waals surface area contributed by atoms with Crippen LogP contribution in [0.15, 0.2) is 47.4 Å². The number of aryl methyl sites for hydroxylation is 3. The molecule has 0 fully saturated rings. The number of nitrogens with zero attached hydrogens (tertiary/aromatic N) is 1. The maximum absolute atomic E-state index is 13.8. The van der Waals surface area contributed by atoms with E-state index < -0.39 is 28.4 Å². The van der Waals surface area contributed by atoms with Crippen molar-refractivity contribution in [3.63, 3.8) is 0 Å². The van der Waals surface area contributed by atoms with Crippen LogP contribution in [-0.4, -0.2) is 40.6 Å². The third kappa shape index (κ3) is 5.71. The number of carbonyl (C=O) groups excluding carboxylic acids is 2. The monoisotopic (exact) mass is 556 g/mol. The summed E-state index contributed by atoms with van der Waals surface area (Å²) in [6.45, 7) is 5.14. The molecule has 3 aromatic rings. The van der Waals surface area contributed by atoms with Crippen molar-refractivity contribution in [1.29, 1.82) is 0 Å². The summed E-state index contributed by atoms with van der Waals surface area (Å²) in [6.07, 6.45) is 3.54. The number of rotatable bonds is 9. The van der Waals surface area contributed by atoms with Crippen LogP contribution in [0.3, 0.4) is 0 Å². The van der Waals surface area contributed by atoms with Crippen LogP contribution < -0.4 is 14.4 Å². The Morgan fingerprint density at radius 3 is 2.39 bits per heavy atom. The number of amides is 1. The van der Waals surface area contributed by atoms with Gasteiger partial charge >= 0.3 is 5.97 Å². The average Bonchev–Trinajstić information content (AvgIpc) is 3.25. The second kappa shape index (κ2) is 11.6. The van der Waals surface area contributed by atoms with Gasteiger partial charge in [-0.1, -0.05) is 23.8 Å². The van der Waals surface area contributed by atoms with Crippen molar-refractivity contribution in [3.8, 4) is 5.75 Å². The van der Waals surface area contributed by atoms with E-state index in [1.807, 2.05) is 13.8 Å². The Labute approximate surface area is 227 Å². The van der Waals surface area contributed by atoms with Gasteiger partial charge in [0.1, 0.15) is 17.3 Å². The molecule has 1 aliphatic carbocycles. The third-order valence-electron chi connectivity index (χ3n) is 6.40. The molecular weight excluding hydrogens is 524 g/mol. The van der Waals surface area contributed by atoms with E-state index in [-0.39, 0.29) is 17.2 Å². The first-order chi connectivity index (χ1) is 18.1. The number of nitrogens with one attached hydrogen (secondary N) is 1. The quantitative estimate of drug-likeness (QED) is 0.361. The number of hydrogen-bond donors (Lipinski definition) is 1. The van der Waals surface area contributed by atoms with Gasteiger partial charge in [-0.05, 0) is 81.8 Å². The Morgan fingerprint density at radius 2 is 1.71 bits per heavy atom. The predicted molar refractivity (Wildman–Crippen MR) is 149 cm³/mol. The van der Waals surface area contributed by atoms with Gasteiger partial charge in [-0.25, -0.2) is 13.2 Å². The molecule has 0 radical (unpaired) electrons. The summed E-state index contributed by atoms with van der Waals surface area (Å²) >= 11 is 1.36. The number of hydrogen-bond acceptors (Lipinski definition) is 7. The van der Waals surface area contributed by atoms with E-state index >= 15 is 0 Å². The largest absolute Gasteiger partial charge is 0.495 e. The van der Waals surface area contributed by atoms with E-state index in [9.17, 15) is 18.0 Å². The molecule has 1 aliphatic rings. The van der Waals surface area contributed by atoms with Gasteiger partial charge in [0.25, 0.3) is 10.0 Å². The third-order valence-corrected chi connectivity index (χ3v) is 9.38. The Morgan fingerprint density at radius 1 is 1.03 bits per heavy atom. The van der Waals surface area contributed by atoms with Crippen molar-refractivity contribution in [3.05, 3.63) is 69.6 Å². The topological polar surface area (TPSA) is 102 Å². The first kappa shape index (κ1) is 27.7. The van der Waals surface area contributed by atoms with Gasteiger partial charge in [-0.3, -0.25) is 9.10 Å². The second-order valence-corrected chi connectivity index (χ2v) is 12.2. The highest BCUT2D eigenvalue weighted by Gasteiger charge is 2.32. The average molecular weight is 557 g/mol. The molecule has 1 N–H and O–H groups in total. The lowest BCUT2D eigenvalue weighted by molar-refractivity contribution is -0.114. The first-order valence-electron chi connectivity index (χ1n) is 12.5. The number of esters is 1. The number of sulfonamides is 1. The van der Waals surface area contributed by atoms with Gasteiger partial charge in [-0.15, -0.1) is 11.3 Å². The zero-order chi connectivity index (χ0) is 27.4. The van der Waals surface area contributed by atoms with Crippen LogP contribution in [0, 0.1) is 13.8 Å². The van der Waals surface area contributed by atoms with E-state index in [4.69, 9.17) is 9.47 Å². The molecule has 0 spiro atoms. The molecule has 0 aliphatic heterocycles. The van der Waals surface area contributed by atoms with E-state index in [0.29, 0.717) is 16.3 Å². The van der Waals surface area contributed by atoms with Crippen molar-refractivity contribution in [2.45, 2.75) is 51.3 Å². The number of carbonyl (C=O) groups is 2. The van der Waals surface area contributed by atoms with Crippen LogP contribution in [0.5, 0.6) is 5.75 Å². The van der Waals surface area contributed by atoms with Crippen LogP contribution in [0.25, 0.3) is 0 Å². The van der Waals surface area contributed by atoms with Gasteiger partial charge < -0.3 is 14.8 Å². The highest BCUT2D eigenvalue weighted by Crippen LogP contribution is 2.39. The summed E-state index contributed by atoms with van der Waals surface area (Å²) in [5.41, 5.74) is 3.26. The van der Waals surface area contributed by atoms with E-state index in [1.54, 1.807) is 37.3 Å². The fourth-order valence-corrected chi connectivity index (χ4v) is 7.22. The van der Waals surface area contributed by atoms with Crippen LogP contribution in [0.1, 0.15) is 51.7 Å². The van der Waals surface area contributed by atoms with Crippen LogP contribution in [-0.2, 0) is 32.4 Å². The fraction of sp³-hybridized carbons (Fsp3) is 0.357. The Balaban J connectivity index is 1.73. The van der Waals surface area contributed by atoms with E-state index in [0.717, 1.165) is 51.6 Å². The highest BCUT2D eigenvalue weighted by atomic mass is 32.2. The predicted octanol–water partition coefficient (Wildman–Crippen LogP) is 5.26. The summed E-state index contributed by atoms with van der Waals surface area (Å²) in [7, 11) is -2.69. The summed E-state index contributed by atoms with van der Waals surface area (Å²) in [4.78, 5) is 27.4. The molecule has 10 heteroatoms. The highest BCUT2D eigenvalue weighted by molar-refractivity contribution is 7.92. The maximum atomic E-state index is 13.8. The fourth-order valence-electron chi connectivity index (χ4n) is 4.50. The Hall–Kier alpha value is -3.37. The molecule has 2 aromatic carbocycles. The van der Waals surface area contributed by atoms with E-state index in [1.165, 1.54) is 30.6 Å². The smallest absolute Gasteiger partial charge is 0.341 e. The summed E-state index contributed by atoms with van der Waals surface area (Å²) in [6, 6.07) is 11.6. The molecule has 0 saturated carbocycles. The lowest BCUT2D eigenvalue weighted by Crippen LogP contribution is -2.38. The molecule has 0 unspecified atom stereocenters. The molecule has 38 heavy (non-hydrogen) atoms. The summed E-state index contributed by atoms with van der Waals surface area (Å²) in [5.74, 6) is -0.738. The lowest BCUT2D eigenvalue weighted by atomic mass is 9.95. The molecule has 0 bridgehead atoms. The second-order valence-electron chi connectivity index (χ2n) is 9.18. The molecule has 4 rings (SSSR count). The van der Waals surface area contributed by atoms with Crippen LogP contribution in [0.4, 0.5) is 10.7 Å². The van der Waals surface area contributed by atoms with Crippen molar-refractivity contribution < 1.29 is 27.5 Å². The van der Waals surface area contributed by atoms with Gasteiger partial charge in [0.15, 0.2) is 0 Å². The number of thiophene rings is 1. The summed E-state index contributed by atoms with van der Waals surface area (Å²) < 4.78 is 39.5. The van der Waals surface area contributed by atoms with Crippen molar-refractivity contribution in [2.24, 2.45) is 0 Å². The van der Waals surface area contributed by atoms with Crippen molar-refractivity contribution in [1.82, 2.24) is 0 Å². The number of anilines is 2. The van der Waals surface area contributed by atoms with Gasteiger partial charge in [0.05, 0.1) is 29.9 Å². The molecule has 0 atom stereocenters.